The van der Waals surface area contributed by atoms with E-state index in [9.17, 15) is 10.1 Å². The van der Waals surface area contributed by atoms with E-state index in [0.717, 1.165) is 11.4 Å². The molecule has 2 rings (SSSR count). The van der Waals surface area contributed by atoms with Gasteiger partial charge < -0.3 is 4.74 Å². The zero-order valence-corrected chi connectivity index (χ0v) is 9.95. The fourth-order valence-corrected chi connectivity index (χ4v) is 1.53. The normalized spacial score (nSPS) is 10.1. The molecule has 0 bridgehead atoms. The first-order valence-corrected chi connectivity index (χ1v) is 5.30. The third kappa shape index (κ3) is 2.60. The summed E-state index contributed by atoms with van der Waals surface area (Å²) in [5, 5.41) is 10.8. The lowest BCUT2D eigenvalue weighted by molar-refractivity contribution is -0.385. The summed E-state index contributed by atoms with van der Waals surface area (Å²) in [4.78, 5) is 18.5. The fraction of sp³-hybridized carbons (Fsp3) is 0.167. The summed E-state index contributed by atoms with van der Waals surface area (Å²) in [5.74, 6) is 0.132. The highest BCUT2D eigenvalue weighted by molar-refractivity contribution is 5.46. The van der Waals surface area contributed by atoms with Gasteiger partial charge in [0.25, 0.3) is 0 Å². The van der Waals surface area contributed by atoms with Crippen molar-refractivity contribution in [3.63, 3.8) is 0 Å². The Labute approximate surface area is 103 Å². The van der Waals surface area contributed by atoms with E-state index in [1.54, 1.807) is 32.0 Å². The largest absolute Gasteiger partial charge is 0.417 e. The second-order valence-electron chi connectivity index (χ2n) is 3.76. The van der Waals surface area contributed by atoms with Gasteiger partial charge in [-0.1, -0.05) is 12.1 Å². The molecule has 0 aliphatic heterocycles. The molecule has 0 saturated carbocycles. The molecule has 0 N–H and O–H groups in total. The zero-order valence-electron chi connectivity index (χ0n) is 9.95. The van der Waals surface area contributed by atoms with Crippen LogP contribution in [0.15, 0.2) is 30.3 Å². The number of aromatic nitrogens is 2. The van der Waals surface area contributed by atoms with Crippen molar-refractivity contribution in [2.24, 2.45) is 0 Å². The molecular weight excluding hydrogens is 234 g/mol. The molecule has 0 unspecified atom stereocenters. The molecule has 0 spiro atoms. The van der Waals surface area contributed by atoms with E-state index >= 15 is 0 Å². The minimum atomic E-state index is -0.502. The Morgan fingerprint density at radius 1 is 1.17 bits per heavy atom. The van der Waals surface area contributed by atoms with Crippen LogP contribution in [0, 0.1) is 24.0 Å². The quantitative estimate of drug-likeness (QED) is 0.613. The Hall–Kier alpha value is -2.50. The third-order valence-electron chi connectivity index (χ3n) is 2.22. The molecule has 0 amide bonds. The number of aryl methyl sites for hydroxylation is 2. The molecule has 6 heteroatoms. The molecule has 0 fully saturated rings. The molecule has 1 heterocycles. The Morgan fingerprint density at radius 3 is 2.39 bits per heavy atom. The highest BCUT2D eigenvalue weighted by Gasteiger charge is 2.15. The lowest BCUT2D eigenvalue weighted by Gasteiger charge is -2.05. The number of nitro benzene ring substituents is 1. The van der Waals surface area contributed by atoms with E-state index in [1.165, 1.54) is 12.1 Å². The van der Waals surface area contributed by atoms with Crippen LogP contribution in [-0.2, 0) is 0 Å². The Balaban J connectivity index is 2.37. The van der Waals surface area contributed by atoms with E-state index in [2.05, 4.69) is 9.97 Å². The van der Waals surface area contributed by atoms with Gasteiger partial charge in [0, 0.05) is 17.5 Å². The van der Waals surface area contributed by atoms with Crippen LogP contribution < -0.4 is 4.74 Å². The summed E-state index contributed by atoms with van der Waals surface area (Å²) in [5.41, 5.74) is 1.38. The van der Waals surface area contributed by atoms with Crippen molar-refractivity contribution in [3.05, 3.63) is 51.8 Å². The summed E-state index contributed by atoms with van der Waals surface area (Å²) in [6, 6.07) is 8.03. The fourth-order valence-electron chi connectivity index (χ4n) is 1.53. The van der Waals surface area contributed by atoms with Crippen molar-refractivity contribution < 1.29 is 9.66 Å². The molecule has 2 aromatic rings. The minimum absolute atomic E-state index is 0.111. The van der Waals surface area contributed by atoms with Crippen molar-refractivity contribution in [3.8, 4) is 11.8 Å². The number of benzene rings is 1. The Morgan fingerprint density at radius 2 is 1.78 bits per heavy atom. The lowest BCUT2D eigenvalue weighted by atomic mass is 10.3. The van der Waals surface area contributed by atoms with Crippen molar-refractivity contribution >= 4 is 5.69 Å². The molecule has 1 aromatic heterocycles. The van der Waals surface area contributed by atoms with Crippen molar-refractivity contribution in [1.82, 2.24) is 9.97 Å². The lowest BCUT2D eigenvalue weighted by Crippen LogP contribution is -1.98. The topological polar surface area (TPSA) is 78.2 Å². The summed E-state index contributed by atoms with van der Waals surface area (Å²) in [6.07, 6.45) is 0. The molecule has 0 aliphatic rings. The molecule has 18 heavy (non-hydrogen) atoms. The van der Waals surface area contributed by atoms with Gasteiger partial charge in [0.2, 0.25) is 5.75 Å². The Kier molecular flexibility index (Phi) is 3.18. The van der Waals surface area contributed by atoms with Gasteiger partial charge in [0.15, 0.2) is 0 Å². The van der Waals surface area contributed by atoms with Crippen LogP contribution in [-0.4, -0.2) is 14.9 Å². The number of ether oxygens (including phenoxy) is 1. The molecular formula is C12H11N3O3. The van der Waals surface area contributed by atoms with Gasteiger partial charge in [0.05, 0.1) is 4.92 Å². The van der Waals surface area contributed by atoms with Crippen LogP contribution in [0.3, 0.4) is 0 Å². The molecule has 0 atom stereocenters. The number of hydrogen-bond donors (Lipinski definition) is 0. The number of rotatable bonds is 3. The van der Waals surface area contributed by atoms with Gasteiger partial charge in [-0.3, -0.25) is 10.1 Å². The average molecular weight is 245 g/mol. The van der Waals surface area contributed by atoms with Gasteiger partial charge in [-0.05, 0) is 26.0 Å². The molecule has 0 saturated heterocycles. The average Bonchev–Trinajstić information content (AvgIpc) is 2.27. The third-order valence-corrected chi connectivity index (χ3v) is 2.22. The van der Waals surface area contributed by atoms with Crippen LogP contribution in [0.25, 0.3) is 0 Å². The van der Waals surface area contributed by atoms with Gasteiger partial charge in [0.1, 0.15) is 0 Å². The Bertz CT molecular complexity index is 579. The van der Waals surface area contributed by atoms with Crippen molar-refractivity contribution in [2.45, 2.75) is 13.8 Å². The minimum Gasteiger partial charge on any atom is -0.417 e. The van der Waals surface area contributed by atoms with Gasteiger partial charge in [-0.2, -0.15) is 0 Å². The summed E-state index contributed by atoms with van der Waals surface area (Å²) in [7, 11) is 0. The highest BCUT2D eigenvalue weighted by atomic mass is 16.6. The molecule has 6 nitrogen and oxygen atoms in total. The zero-order chi connectivity index (χ0) is 13.1. The van der Waals surface area contributed by atoms with Crippen LogP contribution in [0.1, 0.15) is 11.4 Å². The maximum Gasteiger partial charge on any atom is 0.322 e. The predicted octanol–water partition coefficient (Wildman–Crippen LogP) is 2.79. The van der Waals surface area contributed by atoms with Crippen molar-refractivity contribution in [1.29, 1.82) is 0 Å². The second kappa shape index (κ2) is 4.79. The standard InChI is InChI=1S/C12H11N3O3/c1-8-7-9(2)14-12(13-8)18-11-6-4-3-5-10(11)15(16)17/h3-7H,1-2H3. The van der Waals surface area contributed by atoms with Crippen LogP contribution >= 0.6 is 0 Å². The van der Waals surface area contributed by atoms with Gasteiger partial charge >= 0.3 is 11.7 Å². The smallest absolute Gasteiger partial charge is 0.322 e. The number of para-hydroxylation sites is 2. The van der Waals surface area contributed by atoms with E-state index < -0.39 is 4.92 Å². The number of nitro groups is 1. The second-order valence-corrected chi connectivity index (χ2v) is 3.76. The van der Waals surface area contributed by atoms with Crippen LogP contribution in [0.5, 0.6) is 11.8 Å². The van der Waals surface area contributed by atoms with Crippen LogP contribution in [0.2, 0.25) is 0 Å². The first-order chi connectivity index (χ1) is 8.56. The number of nitrogens with zero attached hydrogens (tertiary/aromatic N) is 3. The van der Waals surface area contributed by atoms with E-state index in [0.29, 0.717) is 0 Å². The first kappa shape index (κ1) is 12.0. The van der Waals surface area contributed by atoms with E-state index in [4.69, 9.17) is 4.74 Å². The molecule has 92 valence electrons. The monoisotopic (exact) mass is 245 g/mol. The van der Waals surface area contributed by atoms with Crippen LogP contribution in [0.4, 0.5) is 5.69 Å². The summed E-state index contributed by atoms with van der Waals surface area (Å²) in [6.45, 7) is 3.61. The van der Waals surface area contributed by atoms with E-state index in [1.807, 2.05) is 0 Å². The van der Waals surface area contributed by atoms with Gasteiger partial charge in [-0.25, -0.2) is 9.97 Å². The summed E-state index contributed by atoms with van der Waals surface area (Å²) < 4.78 is 5.37. The maximum absolute atomic E-state index is 10.8. The maximum atomic E-state index is 10.8. The molecule has 0 aliphatic carbocycles. The van der Waals surface area contributed by atoms with Gasteiger partial charge in [-0.15, -0.1) is 0 Å². The molecule has 0 radical (unpaired) electrons. The molecule has 1 aromatic carbocycles. The number of hydrogen-bond acceptors (Lipinski definition) is 5. The SMILES string of the molecule is Cc1cc(C)nc(Oc2ccccc2[N+](=O)[O-])n1. The predicted molar refractivity (Wildman–Crippen MR) is 64.7 cm³/mol. The summed E-state index contributed by atoms with van der Waals surface area (Å²) >= 11 is 0. The van der Waals surface area contributed by atoms with E-state index in [-0.39, 0.29) is 17.4 Å². The first-order valence-electron chi connectivity index (χ1n) is 5.30. The van der Waals surface area contributed by atoms with Crippen molar-refractivity contribution in [2.75, 3.05) is 0 Å². The highest BCUT2D eigenvalue weighted by Crippen LogP contribution is 2.29.